The molecule has 1 N–H and O–H groups in total. The lowest BCUT2D eigenvalue weighted by Crippen LogP contribution is -2.31. The van der Waals surface area contributed by atoms with Gasteiger partial charge in [0.1, 0.15) is 4.83 Å². The van der Waals surface area contributed by atoms with E-state index >= 15 is 0 Å². The van der Waals surface area contributed by atoms with Crippen molar-refractivity contribution in [2.24, 2.45) is 0 Å². The van der Waals surface area contributed by atoms with Crippen LogP contribution in [0.3, 0.4) is 0 Å². The normalized spacial score (nSPS) is 12.1. The van der Waals surface area contributed by atoms with E-state index < -0.39 is 0 Å². The SMILES string of the molecule is CC(C)(Cn1c(=S)[nH]c2sccc2c1=O)c1cccs1. The van der Waals surface area contributed by atoms with Crippen LogP contribution in [0.1, 0.15) is 18.7 Å². The number of rotatable bonds is 3. The number of fused-ring (bicyclic) bond motifs is 1. The first-order chi connectivity index (χ1) is 9.49. The fraction of sp³-hybridized carbons (Fsp3) is 0.286. The zero-order chi connectivity index (χ0) is 14.3. The number of nitrogens with zero attached hydrogens (tertiary/aromatic N) is 1. The van der Waals surface area contributed by atoms with Gasteiger partial charge in [0.25, 0.3) is 5.56 Å². The first-order valence-electron chi connectivity index (χ1n) is 6.23. The second-order valence-electron chi connectivity index (χ2n) is 5.35. The molecule has 0 aliphatic heterocycles. The average molecular weight is 322 g/mol. The quantitative estimate of drug-likeness (QED) is 0.735. The number of aromatic amines is 1. The molecule has 3 heterocycles. The molecule has 3 aromatic rings. The summed E-state index contributed by atoms with van der Waals surface area (Å²) in [5.74, 6) is 0. The van der Waals surface area contributed by atoms with Crippen LogP contribution in [0.4, 0.5) is 0 Å². The van der Waals surface area contributed by atoms with Gasteiger partial charge in [0.2, 0.25) is 0 Å². The molecule has 0 aliphatic rings. The summed E-state index contributed by atoms with van der Waals surface area (Å²) in [5.41, 5.74) is -0.127. The predicted octanol–water partition coefficient (Wildman–Crippen LogP) is 4.16. The maximum Gasteiger partial charge on any atom is 0.263 e. The van der Waals surface area contributed by atoms with Gasteiger partial charge in [-0.3, -0.25) is 9.36 Å². The molecule has 0 atom stereocenters. The number of hydrogen-bond acceptors (Lipinski definition) is 4. The van der Waals surface area contributed by atoms with Crippen molar-refractivity contribution in [2.45, 2.75) is 25.8 Å². The Hall–Kier alpha value is -1.24. The molecule has 3 rings (SSSR count). The van der Waals surface area contributed by atoms with E-state index in [9.17, 15) is 4.79 Å². The van der Waals surface area contributed by atoms with Crippen LogP contribution >= 0.6 is 34.9 Å². The summed E-state index contributed by atoms with van der Waals surface area (Å²) < 4.78 is 2.17. The van der Waals surface area contributed by atoms with E-state index in [-0.39, 0.29) is 11.0 Å². The zero-order valence-electron chi connectivity index (χ0n) is 11.2. The number of thiophene rings is 2. The minimum Gasteiger partial charge on any atom is -0.323 e. The van der Waals surface area contributed by atoms with Crippen molar-refractivity contribution in [3.05, 3.63) is 49.0 Å². The summed E-state index contributed by atoms with van der Waals surface area (Å²) in [6.45, 7) is 4.85. The van der Waals surface area contributed by atoms with Gasteiger partial charge in [0, 0.05) is 16.8 Å². The van der Waals surface area contributed by atoms with Crippen molar-refractivity contribution >= 4 is 45.1 Å². The van der Waals surface area contributed by atoms with Gasteiger partial charge in [0.05, 0.1) is 5.39 Å². The lowest BCUT2D eigenvalue weighted by atomic mass is 9.91. The van der Waals surface area contributed by atoms with Crippen molar-refractivity contribution < 1.29 is 0 Å². The monoisotopic (exact) mass is 322 g/mol. The van der Waals surface area contributed by atoms with Crippen LogP contribution in [-0.4, -0.2) is 9.55 Å². The van der Waals surface area contributed by atoms with E-state index in [2.05, 4.69) is 30.3 Å². The summed E-state index contributed by atoms with van der Waals surface area (Å²) in [5, 5.41) is 4.68. The fourth-order valence-corrected chi connectivity index (χ4v) is 4.19. The standard InChI is InChI=1S/C14H14N2OS3/c1-14(2,10-4-3-6-19-10)8-16-12(17)9-5-7-20-11(9)15-13(16)18/h3-7H,8H2,1-2H3,(H,15,18). The molecular weight excluding hydrogens is 308 g/mol. The highest BCUT2D eigenvalue weighted by Gasteiger charge is 2.24. The van der Waals surface area contributed by atoms with Gasteiger partial charge in [0.15, 0.2) is 4.77 Å². The predicted molar refractivity (Wildman–Crippen MR) is 88.6 cm³/mol. The van der Waals surface area contributed by atoms with E-state index in [4.69, 9.17) is 12.2 Å². The largest absolute Gasteiger partial charge is 0.323 e. The van der Waals surface area contributed by atoms with Crippen LogP contribution in [0, 0.1) is 4.77 Å². The maximum absolute atomic E-state index is 12.5. The molecule has 0 aliphatic carbocycles. The first-order valence-corrected chi connectivity index (χ1v) is 8.40. The molecule has 0 spiro atoms. The Morgan fingerprint density at radius 1 is 1.30 bits per heavy atom. The Balaban J connectivity index is 2.11. The van der Waals surface area contributed by atoms with E-state index in [0.717, 1.165) is 4.83 Å². The average Bonchev–Trinajstić information content (AvgIpc) is 3.04. The summed E-state index contributed by atoms with van der Waals surface area (Å²) in [6, 6.07) is 5.99. The highest BCUT2D eigenvalue weighted by molar-refractivity contribution is 7.71. The molecular formula is C14H14N2OS3. The van der Waals surface area contributed by atoms with Gasteiger partial charge in [-0.15, -0.1) is 22.7 Å². The van der Waals surface area contributed by atoms with E-state index in [1.807, 2.05) is 17.5 Å². The van der Waals surface area contributed by atoms with Gasteiger partial charge in [-0.05, 0) is 35.1 Å². The van der Waals surface area contributed by atoms with E-state index in [1.165, 1.54) is 16.2 Å². The molecule has 3 aromatic heterocycles. The molecule has 0 amide bonds. The fourth-order valence-electron chi connectivity index (χ4n) is 2.26. The van der Waals surface area contributed by atoms with Crippen LogP contribution in [0.5, 0.6) is 0 Å². The molecule has 0 bridgehead atoms. The number of H-pyrrole nitrogens is 1. The number of aromatic nitrogens is 2. The highest BCUT2D eigenvalue weighted by atomic mass is 32.1. The lowest BCUT2D eigenvalue weighted by molar-refractivity contribution is 0.429. The molecule has 0 saturated carbocycles. The third-order valence-corrected chi connectivity index (χ3v) is 5.74. The Kier molecular flexibility index (Phi) is 3.40. The van der Waals surface area contributed by atoms with Gasteiger partial charge in [-0.1, -0.05) is 19.9 Å². The Morgan fingerprint density at radius 2 is 2.10 bits per heavy atom. The first kappa shape index (κ1) is 13.7. The summed E-state index contributed by atoms with van der Waals surface area (Å²) in [7, 11) is 0. The van der Waals surface area contributed by atoms with E-state index in [1.54, 1.807) is 15.9 Å². The number of hydrogen-bond donors (Lipinski definition) is 1. The molecule has 0 unspecified atom stereocenters. The van der Waals surface area contributed by atoms with Crippen LogP contribution in [0.2, 0.25) is 0 Å². The minimum absolute atomic E-state index is 0.00497. The van der Waals surface area contributed by atoms with Gasteiger partial charge in [-0.2, -0.15) is 0 Å². The summed E-state index contributed by atoms with van der Waals surface area (Å²) in [4.78, 5) is 17.8. The lowest BCUT2D eigenvalue weighted by Gasteiger charge is -2.24. The van der Waals surface area contributed by atoms with Gasteiger partial charge < -0.3 is 4.98 Å². The molecule has 6 heteroatoms. The van der Waals surface area contributed by atoms with Crippen LogP contribution in [0.15, 0.2) is 33.8 Å². The van der Waals surface area contributed by atoms with Crippen LogP contribution < -0.4 is 5.56 Å². The molecule has 0 fully saturated rings. The molecule has 0 aromatic carbocycles. The Morgan fingerprint density at radius 3 is 2.80 bits per heavy atom. The second kappa shape index (κ2) is 4.95. The Labute approximate surface area is 129 Å². The van der Waals surface area contributed by atoms with Gasteiger partial charge >= 0.3 is 0 Å². The smallest absolute Gasteiger partial charge is 0.263 e. The van der Waals surface area contributed by atoms with Crippen LogP contribution in [-0.2, 0) is 12.0 Å². The van der Waals surface area contributed by atoms with Crippen molar-refractivity contribution in [1.29, 1.82) is 0 Å². The molecule has 104 valence electrons. The van der Waals surface area contributed by atoms with Crippen molar-refractivity contribution in [2.75, 3.05) is 0 Å². The van der Waals surface area contributed by atoms with Gasteiger partial charge in [-0.25, -0.2) is 0 Å². The topological polar surface area (TPSA) is 37.8 Å². The number of nitrogens with one attached hydrogen (secondary N) is 1. The molecule has 0 radical (unpaired) electrons. The van der Waals surface area contributed by atoms with E-state index in [0.29, 0.717) is 16.7 Å². The summed E-state index contributed by atoms with van der Waals surface area (Å²) in [6.07, 6.45) is 0. The maximum atomic E-state index is 12.5. The highest BCUT2D eigenvalue weighted by Crippen LogP contribution is 2.29. The van der Waals surface area contributed by atoms with Crippen molar-refractivity contribution in [3.8, 4) is 0 Å². The third kappa shape index (κ3) is 2.28. The third-order valence-electron chi connectivity index (χ3n) is 3.35. The summed E-state index contributed by atoms with van der Waals surface area (Å²) >= 11 is 8.56. The van der Waals surface area contributed by atoms with Crippen molar-refractivity contribution in [1.82, 2.24) is 9.55 Å². The molecule has 0 saturated heterocycles. The van der Waals surface area contributed by atoms with Crippen molar-refractivity contribution in [3.63, 3.8) is 0 Å². The minimum atomic E-state index is -0.122. The Bertz CT molecular complexity index is 853. The second-order valence-corrected chi connectivity index (χ2v) is 7.60. The zero-order valence-corrected chi connectivity index (χ0v) is 13.6. The van der Waals surface area contributed by atoms with Crippen LogP contribution in [0.25, 0.3) is 10.2 Å². The molecule has 3 nitrogen and oxygen atoms in total. The molecule has 20 heavy (non-hydrogen) atoms.